The molecule has 0 atom stereocenters. The Morgan fingerprint density at radius 3 is 2.55 bits per heavy atom. The van der Waals surface area contributed by atoms with E-state index < -0.39 is 0 Å². The Labute approximate surface area is 139 Å². The summed E-state index contributed by atoms with van der Waals surface area (Å²) in [5.74, 6) is 1.65. The Morgan fingerprint density at radius 1 is 1.05 bits per heavy atom. The molecule has 3 aromatic rings. The molecule has 1 heterocycles. The van der Waals surface area contributed by atoms with Crippen LogP contribution in [0.2, 0.25) is 5.02 Å². The van der Waals surface area contributed by atoms with E-state index in [2.05, 4.69) is 34.2 Å². The Morgan fingerprint density at radius 2 is 1.77 bits per heavy atom. The first kappa shape index (κ1) is 15.1. The SMILES string of the molecule is Cc1ccccc1Cc1nc(SCc2ccccc2Cl)n[nH]1. The Balaban J connectivity index is 1.64. The van der Waals surface area contributed by atoms with Gasteiger partial charge in [0.1, 0.15) is 5.82 Å². The molecule has 5 heteroatoms. The normalized spacial score (nSPS) is 10.8. The number of hydrogen-bond donors (Lipinski definition) is 1. The van der Waals surface area contributed by atoms with Crippen molar-refractivity contribution in [3.05, 3.63) is 76.1 Å². The zero-order chi connectivity index (χ0) is 15.4. The fraction of sp³-hybridized carbons (Fsp3) is 0.176. The summed E-state index contributed by atoms with van der Waals surface area (Å²) in [5.41, 5.74) is 3.63. The first-order valence-electron chi connectivity index (χ1n) is 7.04. The van der Waals surface area contributed by atoms with Crippen LogP contribution in [0.5, 0.6) is 0 Å². The first-order valence-corrected chi connectivity index (χ1v) is 8.41. The van der Waals surface area contributed by atoms with Gasteiger partial charge in [-0.2, -0.15) is 0 Å². The number of benzene rings is 2. The molecule has 112 valence electrons. The van der Waals surface area contributed by atoms with Crippen LogP contribution in [0, 0.1) is 6.92 Å². The molecule has 3 nitrogen and oxygen atoms in total. The minimum Gasteiger partial charge on any atom is -0.262 e. The maximum absolute atomic E-state index is 6.16. The molecule has 0 saturated carbocycles. The number of aryl methyl sites for hydroxylation is 1. The van der Waals surface area contributed by atoms with E-state index in [1.165, 1.54) is 11.1 Å². The third-order valence-electron chi connectivity index (χ3n) is 3.44. The molecule has 0 radical (unpaired) electrons. The van der Waals surface area contributed by atoms with Crippen molar-refractivity contribution in [2.75, 3.05) is 0 Å². The lowest BCUT2D eigenvalue weighted by Crippen LogP contribution is -1.93. The molecule has 0 saturated heterocycles. The molecule has 22 heavy (non-hydrogen) atoms. The number of nitrogens with one attached hydrogen (secondary N) is 1. The second kappa shape index (κ2) is 6.99. The van der Waals surface area contributed by atoms with E-state index in [0.29, 0.717) is 0 Å². The van der Waals surface area contributed by atoms with Crippen LogP contribution in [0.25, 0.3) is 0 Å². The molecular weight excluding hydrogens is 314 g/mol. The third-order valence-corrected chi connectivity index (χ3v) is 4.71. The predicted octanol–water partition coefficient (Wildman–Crippen LogP) is 4.65. The maximum Gasteiger partial charge on any atom is 0.208 e. The van der Waals surface area contributed by atoms with Crippen LogP contribution in [-0.4, -0.2) is 15.2 Å². The molecule has 0 aliphatic carbocycles. The highest BCUT2D eigenvalue weighted by atomic mass is 35.5. The number of halogens is 1. The van der Waals surface area contributed by atoms with Crippen LogP contribution >= 0.6 is 23.4 Å². The number of thioether (sulfide) groups is 1. The van der Waals surface area contributed by atoms with Crippen molar-refractivity contribution in [2.24, 2.45) is 0 Å². The van der Waals surface area contributed by atoms with Crippen molar-refractivity contribution in [2.45, 2.75) is 24.3 Å². The zero-order valence-electron chi connectivity index (χ0n) is 12.2. The highest BCUT2D eigenvalue weighted by molar-refractivity contribution is 7.98. The van der Waals surface area contributed by atoms with Gasteiger partial charge in [-0.3, -0.25) is 5.10 Å². The Kier molecular flexibility index (Phi) is 4.80. The second-order valence-corrected chi connectivity index (χ2v) is 6.40. The van der Waals surface area contributed by atoms with E-state index in [1.54, 1.807) is 11.8 Å². The van der Waals surface area contributed by atoms with Gasteiger partial charge in [0.2, 0.25) is 5.16 Å². The number of hydrogen-bond acceptors (Lipinski definition) is 3. The van der Waals surface area contributed by atoms with Crippen molar-refractivity contribution in [3.63, 3.8) is 0 Å². The van der Waals surface area contributed by atoms with Crippen LogP contribution in [0.4, 0.5) is 0 Å². The number of H-pyrrole nitrogens is 1. The van der Waals surface area contributed by atoms with Crippen molar-refractivity contribution in [1.29, 1.82) is 0 Å². The largest absolute Gasteiger partial charge is 0.262 e. The summed E-state index contributed by atoms with van der Waals surface area (Å²) >= 11 is 7.74. The Bertz CT molecular complexity index is 770. The van der Waals surface area contributed by atoms with E-state index in [4.69, 9.17) is 11.6 Å². The van der Waals surface area contributed by atoms with Crippen LogP contribution in [-0.2, 0) is 12.2 Å². The van der Waals surface area contributed by atoms with Crippen molar-refractivity contribution in [1.82, 2.24) is 15.2 Å². The summed E-state index contributed by atoms with van der Waals surface area (Å²) in [6.45, 7) is 2.11. The highest BCUT2D eigenvalue weighted by Crippen LogP contribution is 2.24. The molecule has 0 aliphatic rings. The summed E-state index contributed by atoms with van der Waals surface area (Å²) < 4.78 is 0. The second-order valence-electron chi connectivity index (χ2n) is 5.05. The van der Waals surface area contributed by atoms with E-state index in [1.807, 2.05) is 36.4 Å². The van der Waals surface area contributed by atoms with Crippen molar-refractivity contribution >= 4 is 23.4 Å². The summed E-state index contributed by atoms with van der Waals surface area (Å²) in [5, 5.41) is 8.82. The summed E-state index contributed by atoms with van der Waals surface area (Å²) in [6.07, 6.45) is 0.770. The topological polar surface area (TPSA) is 41.6 Å². The van der Waals surface area contributed by atoms with Gasteiger partial charge in [-0.25, -0.2) is 4.98 Å². The minimum absolute atomic E-state index is 0.753. The molecular formula is C17H16ClN3S. The van der Waals surface area contributed by atoms with E-state index in [0.717, 1.165) is 33.7 Å². The highest BCUT2D eigenvalue weighted by Gasteiger charge is 2.07. The first-order chi connectivity index (χ1) is 10.7. The van der Waals surface area contributed by atoms with Crippen LogP contribution in [0.1, 0.15) is 22.5 Å². The molecule has 3 rings (SSSR count). The summed E-state index contributed by atoms with van der Waals surface area (Å²) in [6, 6.07) is 16.2. The minimum atomic E-state index is 0.753. The molecule has 0 amide bonds. The van der Waals surface area contributed by atoms with Crippen LogP contribution in [0.3, 0.4) is 0 Å². The van der Waals surface area contributed by atoms with Gasteiger partial charge in [-0.1, -0.05) is 65.8 Å². The lowest BCUT2D eigenvalue weighted by atomic mass is 10.1. The quantitative estimate of drug-likeness (QED) is 0.693. The maximum atomic E-state index is 6.16. The smallest absolute Gasteiger partial charge is 0.208 e. The fourth-order valence-electron chi connectivity index (χ4n) is 2.17. The van der Waals surface area contributed by atoms with Gasteiger partial charge in [-0.15, -0.1) is 5.10 Å². The molecule has 0 spiro atoms. The van der Waals surface area contributed by atoms with Crippen molar-refractivity contribution < 1.29 is 0 Å². The molecule has 1 N–H and O–H groups in total. The van der Waals surface area contributed by atoms with Gasteiger partial charge in [0.25, 0.3) is 0 Å². The van der Waals surface area contributed by atoms with E-state index in [9.17, 15) is 0 Å². The molecule has 0 fully saturated rings. The van der Waals surface area contributed by atoms with E-state index in [-0.39, 0.29) is 0 Å². The van der Waals surface area contributed by atoms with Gasteiger partial charge >= 0.3 is 0 Å². The number of rotatable bonds is 5. The van der Waals surface area contributed by atoms with Crippen LogP contribution in [0.15, 0.2) is 53.7 Å². The standard InChI is InChI=1S/C17H16ClN3S/c1-12-6-2-3-7-13(12)10-16-19-17(21-20-16)22-11-14-8-4-5-9-15(14)18/h2-9H,10-11H2,1H3,(H,19,20,21). The number of aromatic amines is 1. The Hall–Kier alpha value is -1.78. The molecule has 1 aromatic heterocycles. The van der Waals surface area contributed by atoms with Gasteiger partial charge < -0.3 is 0 Å². The average molecular weight is 330 g/mol. The van der Waals surface area contributed by atoms with Crippen LogP contribution < -0.4 is 0 Å². The molecule has 0 bridgehead atoms. The molecule has 2 aromatic carbocycles. The number of nitrogens with zero attached hydrogens (tertiary/aromatic N) is 2. The molecule has 0 aliphatic heterocycles. The number of aromatic nitrogens is 3. The van der Waals surface area contributed by atoms with Gasteiger partial charge in [0.05, 0.1) is 0 Å². The predicted molar refractivity (Wildman–Crippen MR) is 91.4 cm³/mol. The van der Waals surface area contributed by atoms with E-state index >= 15 is 0 Å². The fourth-order valence-corrected chi connectivity index (χ4v) is 3.27. The average Bonchev–Trinajstić information content (AvgIpc) is 2.96. The lowest BCUT2D eigenvalue weighted by Gasteiger charge is -2.02. The summed E-state index contributed by atoms with van der Waals surface area (Å²) in [7, 11) is 0. The van der Waals surface area contributed by atoms with Gasteiger partial charge in [0.15, 0.2) is 0 Å². The third kappa shape index (κ3) is 3.70. The zero-order valence-corrected chi connectivity index (χ0v) is 13.8. The summed E-state index contributed by atoms with van der Waals surface area (Å²) in [4.78, 5) is 4.54. The van der Waals surface area contributed by atoms with Gasteiger partial charge in [-0.05, 0) is 29.7 Å². The lowest BCUT2D eigenvalue weighted by molar-refractivity contribution is 0.953. The molecule has 0 unspecified atom stereocenters. The van der Waals surface area contributed by atoms with Gasteiger partial charge in [0, 0.05) is 17.2 Å². The van der Waals surface area contributed by atoms with Crippen molar-refractivity contribution in [3.8, 4) is 0 Å². The monoisotopic (exact) mass is 329 g/mol.